The molecule has 0 aliphatic heterocycles. The van der Waals surface area contributed by atoms with E-state index in [0.29, 0.717) is 31.0 Å². The van der Waals surface area contributed by atoms with E-state index in [0.717, 1.165) is 38.5 Å². The molecule has 144 valence electrons. The second-order valence-electron chi connectivity index (χ2n) is 9.37. The second kappa shape index (κ2) is 7.05. The van der Waals surface area contributed by atoms with Crippen molar-refractivity contribution in [2.24, 2.45) is 28.6 Å². The Balaban J connectivity index is 1.95. The van der Waals surface area contributed by atoms with Crippen LogP contribution in [-0.4, -0.2) is 17.3 Å². The van der Waals surface area contributed by atoms with E-state index in [2.05, 4.69) is 26.8 Å². The highest BCUT2D eigenvalue weighted by molar-refractivity contribution is 5.92. The van der Waals surface area contributed by atoms with E-state index in [1.165, 1.54) is 5.57 Å². The fourth-order valence-corrected chi connectivity index (χ4v) is 6.31. The number of carbonyl (C=O) groups is 3. The van der Waals surface area contributed by atoms with Crippen molar-refractivity contribution < 1.29 is 14.4 Å². The summed E-state index contributed by atoms with van der Waals surface area (Å²) >= 11 is 0. The molecule has 3 heteroatoms. The van der Waals surface area contributed by atoms with Crippen LogP contribution in [0, 0.1) is 28.6 Å². The van der Waals surface area contributed by atoms with Gasteiger partial charge < -0.3 is 0 Å². The third-order valence-corrected chi connectivity index (χ3v) is 8.18. The third kappa shape index (κ3) is 3.01. The Labute approximate surface area is 158 Å². The Morgan fingerprint density at radius 3 is 2.54 bits per heavy atom. The van der Waals surface area contributed by atoms with E-state index in [-0.39, 0.29) is 28.8 Å². The minimum absolute atomic E-state index is 0.0356. The Morgan fingerprint density at radius 1 is 1.15 bits per heavy atom. The molecule has 3 nitrogen and oxygen atoms in total. The molecule has 0 bridgehead atoms. The standard InChI is InChI=1S/C23H34O3/c1-5-22(3)19(15(2)24)11-12-20(22)18-8-6-7-16-9-10-17(25)13-14-23(16,4)21(18)26/h9,18-20H,5-8,10-14H2,1-4H3. The van der Waals surface area contributed by atoms with Crippen LogP contribution in [0.1, 0.15) is 85.5 Å². The van der Waals surface area contributed by atoms with Crippen LogP contribution in [0.3, 0.4) is 0 Å². The maximum atomic E-state index is 13.8. The fraction of sp³-hybridized carbons (Fsp3) is 0.783. The Kier molecular flexibility index (Phi) is 5.29. The number of Topliss-reactive ketones (excluding diaryl/α,β-unsaturated/α-hetero) is 3. The number of carbonyl (C=O) groups excluding carboxylic acids is 3. The lowest BCUT2D eigenvalue weighted by Gasteiger charge is -2.41. The number of hydrogen-bond donors (Lipinski definition) is 0. The van der Waals surface area contributed by atoms with Crippen LogP contribution in [0.4, 0.5) is 0 Å². The maximum absolute atomic E-state index is 13.8. The molecule has 0 spiro atoms. The summed E-state index contributed by atoms with van der Waals surface area (Å²) < 4.78 is 0. The van der Waals surface area contributed by atoms with E-state index < -0.39 is 5.41 Å². The third-order valence-electron chi connectivity index (χ3n) is 8.18. The van der Waals surface area contributed by atoms with E-state index >= 15 is 0 Å². The summed E-state index contributed by atoms with van der Waals surface area (Å²) in [6.07, 6.45) is 9.48. The van der Waals surface area contributed by atoms with Gasteiger partial charge in [-0.25, -0.2) is 0 Å². The molecule has 2 saturated carbocycles. The first-order chi connectivity index (χ1) is 12.2. The molecule has 3 aliphatic carbocycles. The van der Waals surface area contributed by atoms with Crippen molar-refractivity contribution in [2.45, 2.75) is 85.5 Å². The van der Waals surface area contributed by atoms with Gasteiger partial charge in [-0.3, -0.25) is 14.4 Å². The molecule has 0 aromatic carbocycles. The van der Waals surface area contributed by atoms with Crippen LogP contribution >= 0.6 is 0 Å². The lowest BCUT2D eigenvalue weighted by Crippen LogP contribution is -2.42. The number of ketones is 3. The summed E-state index contributed by atoms with van der Waals surface area (Å²) in [5.41, 5.74) is 0.656. The van der Waals surface area contributed by atoms with Crippen LogP contribution in [0.25, 0.3) is 0 Å². The molecule has 0 saturated heterocycles. The number of rotatable bonds is 3. The zero-order chi connectivity index (χ0) is 19.1. The van der Waals surface area contributed by atoms with Crippen LogP contribution in [0.5, 0.6) is 0 Å². The molecule has 0 radical (unpaired) electrons. The van der Waals surface area contributed by atoms with Crippen molar-refractivity contribution >= 4 is 17.3 Å². The zero-order valence-corrected chi connectivity index (χ0v) is 16.9. The van der Waals surface area contributed by atoms with E-state index in [1.54, 1.807) is 6.92 Å². The van der Waals surface area contributed by atoms with Crippen LogP contribution in [-0.2, 0) is 14.4 Å². The molecule has 2 fully saturated rings. The Bertz CT molecular complexity index is 646. The number of allylic oxidation sites excluding steroid dienone is 2. The molecule has 3 rings (SSSR count). The lowest BCUT2D eigenvalue weighted by atomic mass is 9.61. The lowest BCUT2D eigenvalue weighted by molar-refractivity contribution is -0.135. The molecule has 26 heavy (non-hydrogen) atoms. The van der Waals surface area contributed by atoms with Gasteiger partial charge in [0.25, 0.3) is 0 Å². The van der Waals surface area contributed by atoms with Gasteiger partial charge in [-0.2, -0.15) is 0 Å². The summed E-state index contributed by atoms with van der Waals surface area (Å²) in [5, 5.41) is 0. The summed E-state index contributed by atoms with van der Waals surface area (Å²) in [5.74, 6) is 1.31. The van der Waals surface area contributed by atoms with Crippen LogP contribution < -0.4 is 0 Å². The van der Waals surface area contributed by atoms with Gasteiger partial charge in [0, 0.05) is 30.1 Å². The largest absolute Gasteiger partial charge is 0.300 e. The van der Waals surface area contributed by atoms with Crippen molar-refractivity contribution in [3.05, 3.63) is 11.6 Å². The molecule has 5 atom stereocenters. The minimum Gasteiger partial charge on any atom is -0.300 e. The first-order valence-corrected chi connectivity index (χ1v) is 10.5. The molecule has 0 N–H and O–H groups in total. The average Bonchev–Trinajstić information content (AvgIpc) is 2.81. The van der Waals surface area contributed by atoms with Crippen LogP contribution in [0.2, 0.25) is 0 Å². The SMILES string of the molecule is CCC1(C)C(C(C)=O)CCC1C1CCCC2=CCC(=O)CCC2(C)C1=O. The predicted octanol–water partition coefficient (Wildman–Crippen LogP) is 5.07. The molecule has 0 amide bonds. The average molecular weight is 359 g/mol. The zero-order valence-electron chi connectivity index (χ0n) is 16.9. The highest BCUT2D eigenvalue weighted by Crippen LogP contribution is 2.57. The van der Waals surface area contributed by atoms with Gasteiger partial charge in [-0.05, 0) is 70.1 Å². The van der Waals surface area contributed by atoms with Gasteiger partial charge in [-0.15, -0.1) is 0 Å². The van der Waals surface area contributed by atoms with Crippen molar-refractivity contribution in [3.63, 3.8) is 0 Å². The highest BCUT2D eigenvalue weighted by atomic mass is 16.1. The first kappa shape index (κ1) is 19.5. The molecular formula is C23H34O3. The first-order valence-electron chi connectivity index (χ1n) is 10.5. The van der Waals surface area contributed by atoms with Crippen molar-refractivity contribution in [2.75, 3.05) is 0 Å². The van der Waals surface area contributed by atoms with Crippen LogP contribution in [0.15, 0.2) is 11.6 Å². The van der Waals surface area contributed by atoms with E-state index in [1.807, 2.05) is 0 Å². The fourth-order valence-electron chi connectivity index (χ4n) is 6.31. The molecule has 0 heterocycles. The van der Waals surface area contributed by atoms with Gasteiger partial charge in [0.1, 0.15) is 17.3 Å². The summed E-state index contributed by atoms with van der Waals surface area (Å²) in [4.78, 5) is 38.0. The maximum Gasteiger partial charge on any atom is 0.146 e. The molecule has 0 aromatic heterocycles. The molecule has 0 aromatic rings. The predicted molar refractivity (Wildman–Crippen MR) is 103 cm³/mol. The topological polar surface area (TPSA) is 51.2 Å². The Hall–Kier alpha value is -1.25. The molecule has 3 aliphatic rings. The highest BCUT2D eigenvalue weighted by Gasteiger charge is 2.54. The normalized spacial score (nSPS) is 41.2. The van der Waals surface area contributed by atoms with Gasteiger partial charge in [0.05, 0.1) is 0 Å². The van der Waals surface area contributed by atoms with Gasteiger partial charge >= 0.3 is 0 Å². The molecular weight excluding hydrogens is 324 g/mol. The molecule has 5 unspecified atom stereocenters. The van der Waals surface area contributed by atoms with Gasteiger partial charge in [0.2, 0.25) is 0 Å². The smallest absolute Gasteiger partial charge is 0.146 e. The Morgan fingerprint density at radius 2 is 1.88 bits per heavy atom. The van der Waals surface area contributed by atoms with Crippen molar-refractivity contribution in [1.29, 1.82) is 0 Å². The number of hydrogen-bond acceptors (Lipinski definition) is 3. The van der Waals surface area contributed by atoms with E-state index in [9.17, 15) is 14.4 Å². The minimum atomic E-state index is -0.476. The van der Waals surface area contributed by atoms with Crippen molar-refractivity contribution in [3.8, 4) is 0 Å². The number of fused-ring (bicyclic) bond motifs is 1. The van der Waals surface area contributed by atoms with E-state index in [4.69, 9.17) is 0 Å². The summed E-state index contributed by atoms with van der Waals surface area (Å²) in [6, 6.07) is 0. The van der Waals surface area contributed by atoms with Gasteiger partial charge in [0.15, 0.2) is 0 Å². The monoisotopic (exact) mass is 358 g/mol. The van der Waals surface area contributed by atoms with Gasteiger partial charge in [-0.1, -0.05) is 25.5 Å². The summed E-state index contributed by atoms with van der Waals surface area (Å²) in [7, 11) is 0. The second-order valence-corrected chi connectivity index (χ2v) is 9.37. The quantitative estimate of drug-likeness (QED) is 0.662. The van der Waals surface area contributed by atoms with Crippen molar-refractivity contribution in [1.82, 2.24) is 0 Å². The summed E-state index contributed by atoms with van der Waals surface area (Å²) in [6.45, 7) is 8.21.